The Kier molecular flexibility index (Phi) is 5.95. The molecule has 0 saturated carbocycles. The first-order valence-electron chi connectivity index (χ1n) is 7.65. The molecule has 5 heteroatoms. The first-order chi connectivity index (χ1) is 9.70. The van der Waals surface area contributed by atoms with E-state index in [2.05, 4.69) is 46.2 Å². The number of aromatic nitrogens is 2. The average Bonchev–Trinajstić information content (AvgIpc) is 2.47. The Labute approximate surface area is 126 Å². The highest BCUT2D eigenvalue weighted by molar-refractivity contribution is 7.99. The van der Waals surface area contributed by atoms with Gasteiger partial charge in [0.1, 0.15) is 17.5 Å². The van der Waals surface area contributed by atoms with Crippen molar-refractivity contribution in [2.75, 3.05) is 29.5 Å². The summed E-state index contributed by atoms with van der Waals surface area (Å²) in [5, 5.41) is 7.64. The maximum absolute atomic E-state index is 4.55. The van der Waals surface area contributed by atoms with Gasteiger partial charge in [-0.2, -0.15) is 11.8 Å². The fraction of sp³-hybridized carbons (Fsp3) is 0.733. The summed E-state index contributed by atoms with van der Waals surface area (Å²) in [6.07, 6.45) is 5.16. The number of nitrogens with one attached hydrogen (secondary N) is 2. The van der Waals surface area contributed by atoms with Crippen LogP contribution in [0.4, 0.5) is 11.6 Å². The fourth-order valence-corrected chi connectivity index (χ4v) is 3.63. The van der Waals surface area contributed by atoms with Crippen LogP contribution in [0.25, 0.3) is 0 Å². The highest BCUT2D eigenvalue weighted by Crippen LogP contribution is 2.26. The molecule has 1 aromatic heterocycles. The van der Waals surface area contributed by atoms with Crippen LogP contribution in [0.15, 0.2) is 0 Å². The van der Waals surface area contributed by atoms with Crippen molar-refractivity contribution in [3.63, 3.8) is 0 Å². The van der Waals surface area contributed by atoms with E-state index in [1.54, 1.807) is 0 Å². The van der Waals surface area contributed by atoms with Crippen LogP contribution in [0, 0.1) is 13.8 Å². The van der Waals surface area contributed by atoms with Crippen LogP contribution in [0.5, 0.6) is 0 Å². The minimum Gasteiger partial charge on any atom is -0.370 e. The molecule has 1 aliphatic rings. The molecule has 0 aromatic carbocycles. The molecule has 112 valence electrons. The van der Waals surface area contributed by atoms with Gasteiger partial charge in [-0.1, -0.05) is 13.3 Å². The van der Waals surface area contributed by atoms with E-state index in [1.807, 2.05) is 6.92 Å². The van der Waals surface area contributed by atoms with Crippen molar-refractivity contribution in [2.45, 2.75) is 51.7 Å². The van der Waals surface area contributed by atoms with E-state index >= 15 is 0 Å². The van der Waals surface area contributed by atoms with E-state index in [-0.39, 0.29) is 0 Å². The summed E-state index contributed by atoms with van der Waals surface area (Å²) in [5.41, 5.74) is 1.13. The molecule has 4 nitrogen and oxygen atoms in total. The van der Waals surface area contributed by atoms with Crippen molar-refractivity contribution in [1.29, 1.82) is 0 Å². The Morgan fingerprint density at radius 2 is 1.90 bits per heavy atom. The van der Waals surface area contributed by atoms with Crippen molar-refractivity contribution in [3.05, 3.63) is 11.4 Å². The van der Waals surface area contributed by atoms with E-state index in [1.165, 1.54) is 25.0 Å². The Hall–Kier alpha value is -0.970. The normalized spacial score (nSPS) is 18.9. The average molecular weight is 294 g/mol. The summed E-state index contributed by atoms with van der Waals surface area (Å²) in [6, 6.07) is 0. The van der Waals surface area contributed by atoms with Crippen LogP contribution in [0.2, 0.25) is 0 Å². The second kappa shape index (κ2) is 7.72. The van der Waals surface area contributed by atoms with E-state index in [4.69, 9.17) is 0 Å². The lowest BCUT2D eigenvalue weighted by Crippen LogP contribution is -2.21. The predicted octanol–water partition coefficient (Wildman–Crippen LogP) is 3.61. The number of thioether (sulfide) groups is 1. The van der Waals surface area contributed by atoms with Gasteiger partial charge in [0, 0.05) is 23.9 Å². The van der Waals surface area contributed by atoms with Crippen molar-refractivity contribution < 1.29 is 0 Å². The first kappa shape index (κ1) is 15.4. The second-order valence-electron chi connectivity index (χ2n) is 5.39. The Balaban J connectivity index is 2.00. The Morgan fingerprint density at radius 3 is 2.55 bits per heavy atom. The molecule has 2 N–H and O–H groups in total. The molecular formula is C15H26N4S. The highest BCUT2D eigenvalue weighted by Gasteiger charge is 2.15. The van der Waals surface area contributed by atoms with Crippen molar-refractivity contribution >= 4 is 23.4 Å². The third kappa shape index (κ3) is 4.27. The monoisotopic (exact) mass is 294 g/mol. The summed E-state index contributed by atoms with van der Waals surface area (Å²) in [6.45, 7) is 8.17. The molecule has 1 unspecified atom stereocenters. The lowest BCUT2D eigenvalue weighted by Gasteiger charge is -2.22. The van der Waals surface area contributed by atoms with Gasteiger partial charge in [-0.15, -0.1) is 0 Å². The van der Waals surface area contributed by atoms with Crippen LogP contribution in [-0.4, -0.2) is 34.1 Å². The number of hydrogen-bond acceptors (Lipinski definition) is 5. The zero-order valence-electron chi connectivity index (χ0n) is 12.8. The van der Waals surface area contributed by atoms with Gasteiger partial charge in [0.2, 0.25) is 0 Å². The minimum absolute atomic E-state index is 0.727. The van der Waals surface area contributed by atoms with E-state index in [9.17, 15) is 0 Å². The van der Waals surface area contributed by atoms with Crippen LogP contribution in [-0.2, 0) is 0 Å². The summed E-state index contributed by atoms with van der Waals surface area (Å²) < 4.78 is 0. The molecule has 0 bridgehead atoms. The maximum atomic E-state index is 4.55. The molecule has 1 fully saturated rings. The van der Waals surface area contributed by atoms with Crippen LogP contribution in [0.3, 0.4) is 0 Å². The zero-order chi connectivity index (χ0) is 14.4. The topological polar surface area (TPSA) is 49.8 Å². The zero-order valence-corrected chi connectivity index (χ0v) is 13.6. The molecule has 1 aromatic rings. The lowest BCUT2D eigenvalue weighted by molar-refractivity contribution is 0.676. The number of nitrogens with zero attached hydrogens (tertiary/aromatic N) is 2. The number of hydrogen-bond donors (Lipinski definition) is 2. The molecule has 0 amide bonds. The number of rotatable bonds is 6. The lowest BCUT2D eigenvalue weighted by atomic mass is 10.2. The standard InChI is InChI=1S/C15H26N4S/c1-4-8-16-14-11(2)15(19-12(3)18-14)17-10-13-7-5-6-9-20-13/h13H,4-10H2,1-3H3,(H2,16,17,18,19). The van der Waals surface area contributed by atoms with Crippen LogP contribution >= 0.6 is 11.8 Å². The first-order valence-corrected chi connectivity index (χ1v) is 8.70. The highest BCUT2D eigenvalue weighted by atomic mass is 32.2. The smallest absolute Gasteiger partial charge is 0.134 e. The maximum Gasteiger partial charge on any atom is 0.134 e. The van der Waals surface area contributed by atoms with Gasteiger partial charge in [-0.25, -0.2) is 9.97 Å². The van der Waals surface area contributed by atoms with Gasteiger partial charge >= 0.3 is 0 Å². The molecule has 1 aliphatic heterocycles. The van der Waals surface area contributed by atoms with Gasteiger partial charge in [0.25, 0.3) is 0 Å². The quantitative estimate of drug-likeness (QED) is 0.839. The molecule has 2 heterocycles. The van der Waals surface area contributed by atoms with Crippen molar-refractivity contribution in [3.8, 4) is 0 Å². The summed E-state index contributed by atoms with van der Waals surface area (Å²) in [7, 11) is 0. The molecule has 0 radical (unpaired) electrons. The van der Waals surface area contributed by atoms with Crippen LogP contribution in [0.1, 0.15) is 44.0 Å². The number of anilines is 2. The molecule has 2 rings (SSSR count). The molecule has 0 aliphatic carbocycles. The van der Waals surface area contributed by atoms with E-state index in [0.29, 0.717) is 0 Å². The van der Waals surface area contributed by atoms with Gasteiger partial charge in [0.05, 0.1) is 0 Å². The van der Waals surface area contributed by atoms with Crippen molar-refractivity contribution in [1.82, 2.24) is 9.97 Å². The minimum atomic E-state index is 0.727. The fourth-order valence-electron chi connectivity index (χ4n) is 2.39. The predicted molar refractivity (Wildman–Crippen MR) is 88.9 cm³/mol. The van der Waals surface area contributed by atoms with Crippen LogP contribution < -0.4 is 10.6 Å². The van der Waals surface area contributed by atoms with Crippen molar-refractivity contribution in [2.24, 2.45) is 0 Å². The molecule has 1 saturated heterocycles. The Morgan fingerprint density at radius 1 is 1.15 bits per heavy atom. The SMILES string of the molecule is CCCNc1nc(C)nc(NCC2CCCCS2)c1C. The molecule has 20 heavy (non-hydrogen) atoms. The van der Waals surface area contributed by atoms with Gasteiger partial charge in [0.15, 0.2) is 0 Å². The van der Waals surface area contributed by atoms with E-state index in [0.717, 1.165) is 47.8 Å². The summed E-state index contributed by atoms with van der Waals surface area (Å²) >= 11 is 2.09. The second-order valence-corrected chi connectivity index (χ2v) is 6.80. The number of aryl methyl sites for hydroxylation is 1. The molecular weight excluding hydrogens is 268 g/mol. The third-order valence-corrected chi connectivity index (χ3v) is 4.97. The van der Waals surface area contributed by atoms with Gasteiger partial charge in [-0.3, -0.25) is 0 Å². The molecule has 0 spiro atoms. The summed E-state index contributed by atoms with van der Waals surface area (Å²) in [5.74, 6) is 4.09. The summed E-state index contributed by atoms with van der Waals surface area (Å²) in [4.78, 5) is 9.05. The van der Waals surface area contributed by atoms with Gasteiger partial charge in [-0.05, 0) is 38.9 Å². The molecule has 1 atom stereocenters. The van der Waals surface area contributed by atoms with Gasteiger partial charge < -0.3 is 10.6 Å². The Bertz CT molecular complexity index is 430. The third-order valence-electron chi connectivity index (χ3n) is 3.57. The van der Waals surface area contributed by atoms with E-state index < -0.39 is 0 Å². The largest absolute Gasteiger partial charge is 0.370 e.